The van der Waals surface area contributed by atoms with Crippen LogP contribution in [0.25, 0.3) is 0 Å². The van der Waals surface area contributed by atoms with E-state index in [-0.39, 0.29) is 19.1 Å². The molecule has 4 aliphatic rings. The van der Waals surface area contributed by atoms with Gasteiger partial charge >= 0.3 is 5.97 Å². The van der Waals surface area contributed by atoms with Crippen molar-refractivity contribution in [3.8, 4) is 0 Å². The number of hydrogen-bond donors (Lipinski definition) is 3. The number of nitrogens with one attached hydrogen (secondary N) is 1. The van der Waals surface area contributed by atoms with Crippen LogP contribution in [0.3, 0.4) is 0 Å². The van der Waals surface area contributed by atoms with Crippen LogP contribution in [0.5, 0.6) is 0 Å². The Morgan fingerprint density at radius 3 is 3.13 bits per heavy atom. The van der Waals surface area contributed by atoms with Crippen molar-refractivity contribution >= 4 is 18.0 Å². The Hall–Kier alpha value is -2.55. The molecule has 3 unspecified atom stereocenters. The maximum Gasteiger partial charge on any atom is 0.303 e. The van der Waals surface area contributed by atoms with E-state index in [2.05, 4.69) is 21.7 Å². The molecular weight excluding hydrogens is 388 g/mol. The van der Waals surface area contributed by atoms with Gasteiger partial charge in [0.05, 0.1) is 6.61 Å². The van der Waals surface area contributed by atoms with Gasteiger partial charge in [-0.15, -0.1) is 0 Å². The molecule has 0 aromatic heterocycles. The minimum Gasteiger partial charge on any atom is -0.494 e. The second-order valence-corrected chi connectivity index (χ2v) is 8.27. The zero-order valence-corrected chi connectivity index (χ0v) is 17.1. The van der Waals surface area contributed by atoms with E-state index in [9.17, 15) is 4.79 Å². The van der Waals surface area contributed by atoms with Crippen LogP contribution in [-0.4, -0.2) is 42.1 Å². The van der Waals surface area contributed by atoms with Crippen molar-refractivity contribution in [1.82, 2.24) is 5.43 Å². The van der Waals surface area contributed by atoms with Crippen LogP contribution in [0.4, 0.5) is 0 Å². The molecule has 2 fully saturated rings. The van der Waals surface area contributed by atoms with Crippen LogP contribution in [0, 0.1) is 11.8 Å². The number of ether oxygens (including phenoxy) is 3. The number of rotatable bonds is 8. The number of unbranched alkanes of at least 4 members (excludes halogenated alkanes) is 1. The largest absolute Gasteiger partial charge is 0.494 e. The molecule has 3 atom stereocenters. The number of aliphatic carboxylic acids is 1. The van der Waals surface area contributed by atoms with Crippen LogP contribution < -0.4 is 11.3 Å². The standard InChI is InChI=1S/C21H30N4O5/c22-23-12-24-25-17-10-15-7-8-18(28-9-2-1-6-19(26)27)20-21(15,30-13-29-20)11-14-4-3-5-16(14)17/h11-12,15-16H,1-10,13,22H2,(H,23,24)(H,26,27). The molecule has 1 aliphatic heterocycles. The maximum atomic E-state index is 10.7. The summed E-state index contributed by atoms with van der Waals surface area (Å²) >= 11 is 0. The zero-order valence-electron chi connectivity index (χ0n) is 17.1. The van der Waals surface area contributed by atoms with Crippen molar-refractivity contribution < 1.29 is 24.1 Å². The third kappa shape index (κ3) is 4.03. The second kappa shape index (κ2) is 9.07. The third-order valence-corrected chi connectivity index (χ3v) is 6.50. The molecule has 1 spiro atoms. The highest BCUT2D eigenvalue weighted by molar-refractivity contribution is 5.91. The third-order valence-electron chi connectivity index (χ3n) is 6.50. The predicted octanol–water partition coefficient (Wildman–Crippen LogP) is 2.60. The maximum absolute atomic E-state index is 10.7. The number of carboxylic acid groups (broad SMARTS) is 1. The number of carbonyl (C=O) groups is 1. The Morgan fingerprint density at radius 1 is 1.40 bits per heavy atom. The lowest BCUT2D eigenvalue weighted by Crippen LogP contribution is -2.41. The SMILES string of the molecule is NN=CNN=C1CC2CCC(OCCCCC(=O)O)=C3OCOC32C=C2CCCC21. The lowest BCUT2D eigenvalue weighted by molar-refractivity contribution is -0.137. The van der Waals surface area contributed by atoms with Gasteiger partial charge in [-0.3, -0.25) is 10.2 Å². The summed E-state index contributed by atoms with van der Waals surface area (Å²) < 4.78 is 18.3. The number of nitrogens with two attached hydrogens (primary N) is 1. The molecule has 164 valence electrons. The average molecular weight is 418 g/mol. The summed E-state index contributed by atoms with van der Waals surface area (Å²) in [5.74, 6) is 6.60. The van der Waals surface area contributed by atoms with E-state index in [0.717, 1.165) is 55.8 Å². The van der Waals surface area contributed by atoms with E-state index in [1.165, 1.54) is 11.9 Å². The van der Waals surface area contributed by atoms with Gasteiger partial charge in [0.15, 0.2) is 18.2 Å². The summed E-state index contributed by atoms with van der Waals surface area (Å²) in [7, 11) is 0. The fourth-order valence-corrected chi connectivity index (χ4v) is 5.15. The number of carboxylic acids is 1. The van der Waals surface area contributed by atoms with E-state index in [4.69, 9.17) is 25.2 Å². The van der Waals surface area contributed by atoms with Crippen molar-refractivity contribution in [3.63, 3.8) is 0 Å². The number of hydrogen-bond acceptors (Lipinski definition) is 7. The average Bonchev–Trinajstić information content (AvgIpc) is 3.33. The predicted molar refractivity (Wildman–Crippen MR) is 110 cm³/mol. The highest BCUT2D eigenvalue weighted by Gasteiger charge is 2.54. The van der Waals surface area contributed by atoms with Gasteiger partial charge in [0.2, 0.25) is 0 Å². The first-order chi connectivity index (χ1) is 14.6. The number of allylic oxidation sites excluding steroid dienone is 2. The Morgan fingerprint density at radius 2 is 2.30 bits per heavy atom. The van der Waals surface area contributed by atoms with Gasteiger partial charge in [0, 0.05) is 30.4 Å². The molecule has 0 aromatic rings. The minimum absolute atomic E-state index is 0.166. The van der Waals surface area contributed by atoms with Gasteiger partial charge < -0.3 is 25.2 Å². The van der Waals surface area contributed by atoms with Crippen molar-refractivity contribution in [2.45, 2.75) is 63.4 Å². The van der Waals surface area contributed by atoms with Crippen LogP contribution in [0.1, 0.15) is 57.8 Å². The van der Waals surface area contributed by atoms with Gasteiger partial charge in [0.25, 0.3) is 0 Å². The first kappa shape index (κ1) is 20.7. The van der Waals surface area contributed by atoms with Gasteiger partial charge in [-0.1, -0.05) is 5.57 Å². The Labute approximate surface area is 176 Å². The first-order valence-electron chi connectivity index (χ1n) is 10.7. The molecule has 0 aromatic carbocycles. The van der Waals surface area contributed by atoms with Crippen molar-refractivity contribution in [3.05, 3.63) is 23.2 Å². The topological polar surface area (TPSA) is 128 Å². The molecule has 9 heteroatoms. The molecule has 1 saturated heterocycles. The van der Waals surface area contributed by atoms with Gasteiger partial charge in [-0.25, -0.2) is 0 Å². The summed E-state index contributed by atoms with van der Waals surface area (Å²) in [5, 5.41) is 16.8. The van der Waals surface area contributed by atoms with Crippen LogP contribution in [0.15, 0.2) is 33.4 Å². The van der Waals surface area contributed by atoms with Gasteiger partial charge in [-0.2, -0.15) is 10.2 Å². The molecule has 4 N–H and O–H groups in total. The molecule has 4 rings (SSSR count). The van der Waals surface area contributed by atoms with E-state index in [1.54, 1.807) is 0 Å². The smallest absolute Gasteiger partial charge is 0.303 e. The summed E-state index contributed by atoms with van der Waals surface area (Å²) in [5.41, 5.74) is 4.73. The molecule has 0 radical (unpaired) electrons. The van der Waals surface area contributed by atoms with Crippen LogP contribution in [-0.2, 0) is 19.0 Å². The highest BCUT2D eigenvalue weighted by atomic mass is 16.7. The van der Waals surface area contributed by atoms with Crippen molar-refractivity contribution in [1.29, 1.82) is 0 Å². The van der Waals surface area contributed by atoms with Gasteiger partial charge in [0.1, 0.15) is 12.1 Å². The molecule has 1 saturated carbocycles. The van der Waals surface area contributed by atoms with Crippen molar-refractivity contribution in [2.75, 3.05) is 13.4 Å². The van der Waals surface area contributed by atoms with E-state index in [1.807, 2.05) is 0 Å². The summed E-state index contributed by atoms with van der Waals surface area (Å²) in [4.78, 5) is 10.7. The number of nitrogens with zero attached hydrogens (tertiary/aromatic N) is 2. The Kier molecular flexibility index (Phi) is 6.26. The minimum atomic E-state index is -0.773. The second-order valence-electron chi connectivity index (χ2n) is 8.27. The lowest BCUT2D eigenvalue weighted by atomic mass is 9.75. The fourth-order valence-electron chi connectivity index (χ4n) is 5.15. The van der Waals surface area contributed by atoms with Crippen LogP contribution in [0.2, 0.25) is 0 Å². The number of fused-ring (bicyclic) bond motifs is 1. The monoisotopic (exact) mass is 418 g/mol. The highest BCUT2D eigenvalue weighted by Crippen LogP contribution is 2.52. The molecule has 3 aliphatic carbocycles. The molecule has 0 amide bonds. The quantitative estimate of drug-likeness (QED) is 0.138. The lowest BCUT2D eigenvalue weighted by Gasteiger charge is -2.37. The summed E-state index contributed by atoms with van der Waals surface area (Å²) in [6, 6.07) is 0. The summed E-state index contributed by atoms with van der Waals surface area (Å²) in [6.45, 7) is 0.710. The Bertz CT molecular complexity index is 790. The zero-order chi connectivity index (χ0) is 21.0. The fraction of sp³-hybridized carbons (Fsp3) is 0.667. The molecular formula is C21H30N4O5. The molecule has 9 nitrogen and oxygen atoms in total. The van der Waals surface area contributed by atoms with E-state index < -0.39 is 11.6 Å². The van der Waals surface area contributed by atoms with E-state index >= 15 is 0 Å². The van der Waals surface area contributed by atoms with Crippen LogP contribution >= 0.6 is 0 Å². The van der Waals surface area contributed by atoms with E-state index in [0.29, 0.717) is 25.4 Å². The first-order valence-corrected chi connectivity index (χ1v) is 10.7. The summed E-state index contributed by atoms with van der Waals surface area (Å²) in [6.07, 6.45) is 10.9. The normalized spacial score (nSPS) is 31.6. The molecule has 30 heavy (non-hydrogen) atoms. The Balaban J connectivity index is 1.56. The molecule has 1 heterocycles. The van der Waals surface area contributed by atoms with Crippen molar-refractivity contribution in [2.24, 2.45) is 27.9 Å². The molecule has 0 bridgehead atoms. The van der Waals surface area contributed by atoms with Gasteiger partial charge in [-0.05, 0) is 51.0 Å². The number of hydrazone groups is 2.